The molecule has 1 heterocycles. The van der Waals surface area contributed by atoms with E-state index in [1.54, 1.807) is 13.3 Å². The maximum Gasteiger partial charge on any atom is 0.217 e. The summed E-state index contributed by atoms with van der Waals surface area (Å²) in [6.07, 6.45) is 2.46. The number of nitrogens with zero attached hydrogens (tertiary/aromatic N) is 1. The first kappa shape index (κ1) is 14.9. The van der Waals surface area contributed by atoms with E-state index in [1.165, 1.54) is 0 Å². The fraction of sp³-hybridized carbons (Fsp3) is 0.643. The molecule has 4 nitrogen and oxygen atoms in total. The molecule has 1 aromatic heterocycles. The van der Waals surface area contributed by atoms with Gasteiger partial charge in [-0.15, -0.1) is 0 Å². The molecule has 0 aliphatic carbocycles. The van der Waals surface area contributed by atoms with Crippen molar-refractivity contribution in [2.75, 3.05) is 13.7 Å². The number of rotatable bonds is 6. The van der Waals surface area contributed by atoms with Crippen molar-refractivity contribution < 1.29 is 9.84 Å². The molecule has 1 rings (SSSR count). The Labute approximate surface area is 109 Å². The van der Waals surface area contributed by atoms with Gasteiger partial charge in [-0.1, -0.05) is 26.8 Å². The molecule has 102 valence electrons. The molecular formula is C14H24N2O2. The van der Waals surface area contributed by atoms with Gasteiger partial charge in [0.25, 0.3) is 0 Å². The van der Waals surface area contributed by atoms with Gasteiger partial charge in [0.15, 0.2) is 0 Å². The molecule has 0 aliphatic rings. The number of nitrogens with one attached hydrogen (secondary N) is 1. The van der Waals surface area contributed by atoms with E-state index in [4.69, 9.17) is 9.84 Å². The first-order valence-electron chi connectivity index (χ1n) is 6.31. The topological polar surface area (TPSA) is 54.4 Å². The quantitative estimate of drug-likeness (QED) is 0.813. The van der Waals surface area contributed by atoms with E-state index in [-0.39, 0.29) is 18.1 Å². The highest BCUT2D eigenvalue weighted by Gasteiger charge is 2.23. The summed E-state index contributed by atoms with van der Waals surface area (Å²) in [6, 6.07) is 4.15. The Morgan fingerprint density at radius 1 is 1.44 bits per heavy atom. The highest BCUT2D eigenvalue weighted by molar-refractivity contribution is 5.25. The summed E-state index contributed by atoms with van der Waals surface area (Å²) in [6.45, 7) is 7.39. The van der Waals surface area contributed by atoms with Crippen LogP contribution in [-0.4, -0.2) is 29.8 Å². The Morgan fingerprint density at radius 2 is 2.17 bits per heavy atom. The number of hydrogen-bond acceptors (Lipinski definition) is 4. The molecule has 0 radical (unpaired) electrons. The van der Waals surface area contributed by atoms with Crippen molar-refractivity contribution in [2.24, 2.45) is 5.41 Å². The van der Waals surface area contributed by atoms with Crippen LogP contribution in [0.4, 0.5) is 0 Å². The van der Waals surface area contributed by atoms with Crippen LogP contribution in [0.1, 0.15) is 32.8 Å². The van der Waals surface area contributed by atoms with Crippen molar-refractivity contribution in [3.05, 3.63) is 23.9 Å². The SMILES string of the molecule is COc1ncccc1CNC(CCO)C(C)(C)C. The van der Waals surface area contributed by atoms with Crippen LogP contribution in [0.2, 0.25) is 0 Å². The summed E-state index contributed by atoms with van der Waals surface area (Å²) in [7, 11) is 1.63. The van der Waals surface area contributed by atoms with Crippen molar-refractivity contribution in [2.45, 2.75) is 39.8 Å². The summed E-state index contributed by atoms with van der Waals surface area (Å²) < 4.78 is 5.22. The van der Waals surface area contributed by atoms with E-state index in [0.717, 1.165) is 12.0 Å². The molecule has 0 bridgehead atoms. The molecule has 0 saturated carbocycles. The fourth-order valence-corrected chi connectivity index (χ4v) is 1.95. The van der Waals surface area contributed by atoms with E-state index in [1.807, 2.05) is 12.1 Å². The summed E-state index contributed by atoms with van der Waals surface area (Å²) in [5.74, 6) is 0.654. The minimum Gasteiger partial charge on any atom is -0.481 e. The van der Waals surface area contributed by atoms with E-state index >= 15 is 0 Å². The van der Waals surface area contributed by atoms with Crippen LogP contribution in [0.25, 0.3) is 0 Å². The predicted molar refractivity (Wildman–Crippen MR) is 72.6 cm³/mol. The summed E-state index contributed by atoms with van der Waals surface area (Å²) >= 11 is 0. The Balaban J connectivity index is 2.67. The van der Waals surface area contributed by atoms with E-state index in [9.17, 15) is 0 Å². The predicted octanol–water partition coefficient (Wildman–Crippen LogP) is 1.98. The van der Waals surface area contributed by atoms with Crippen molar-refractivity contribution in [1.82, 2.24) is 10.3 Å². The van der Waals surface area contributed by atoms with Gasteiger partial charge in [-0.2, -0.15) is 0 Å². The Kier molecular flexibility index (Phi) is 5.56. The zero-order valence-electron chi connectivity index (χ0n) is 11.7. The lowest BCUT2D eigenvalue weighted by molar-refractivity contribution is 0.196. The molecule has 2 N–H and O–H groups in total. The van der Waals surface area contributed by atoms with Crippen LogP contribution in [0.3, 0.4) is 0 Å². The molecule has 1 aromatic rings. The minimum absolute atomic E-state index is 0.109. The molecule has 1 atom stereocenters. The molecule has 0 fully saturated rings. The maximum atomic E-state index is 9.12. The van der Waals surface area contributed by atoms with Gasteiger partial charge in [0, 0.05) is 31.0 Å². The minimum atomic E-state index is 0.109. The normalized spacial score (nSPS) is 13.4. The number of ether oxygens (including phenoxy) is 1. The van der Waals surface area contributed by atoms with Crippen LogP contribution in [-0.2, 0) is 6.54 Å². The highest BCUT2D eigenvalue weighted by Crippen LogP contribution is 2.23. The third kappa shape index (κ3) is 4.27. The van der Waals surface area contributed by atoms with Crippen molar-refractivity contribution in [1.29, 1.82) is 0 Å². The first-order valence-corrected chi connectivity index (χ1v) is 6.31. The molecule has 0 saturated heterocycles. The standard InChI is InChI=1S/C14H24N2O2/c1-14(2,3)12(7-9-17)16-10-11-6-5-8-15-13(11)18-4/h5-6,8,12,16-17H,7,9-10H2,1-4H3. The molecule has 0 spiro atoms. The summed E-state index contributed by atoms with van der Waals surface area (Å²) in [5.41, 5.74) is 1.14. The zero-order valence-corrected chi connectivity index (χ0v) is 11.7. The van der Waals surface area contributed by atoms with Gasteiger partial charge in [-0.3, -0.25) is 0 Å². The van der Waals surface area contributed by atoms with Crippen molar-refractivity contribution >= 4 is 0 Å². The van der Waals surface area contributed by atoms with Gasteiger partial charge in [0.2, 0.25) is 5.88 Å². The monoisotopic (exact) mass is 252 g/mol. The first-order chi connectivity index (χ1) is 8.49. The van der Waals surface area contributed by atoms with Gasteiger partial charge in [0.05, 0.1) is 7.11 Å². The second-order valence-corrected chi connectivity index (χ2v) is 5.48. The number of pyridine rings is 1. The van der Waals surface area contributed by atoms with Crippen LogP contribution in [0.5, 0.6) is 5.88 Å². The van der Waals surface area contributed by atoms with Crippen LogP contribution in [0, 0.1) is 5.41 Å². The largest absolute Gasteiger partial charge is 0.481 e. The zero-order chi connectivity index (χ0) is 13.6. The maximum absolute atomic E-state index is 9.12. The number of methoxy groups -OCH3 is 1. The molecular weight excluding hydrogens is 228 g/mol. The van der Waals surface area contributed by atoms with E-state index < -0.39 is 0 Å². The Bertz CT molecular complexity index is 361. The molecule has 1 unspecified atom stereocenters. The highest BCUT2D eigenvalue weighted by atomic mass is 16.5. The molecule has 18 heavy (non-hydrogen) atoms. The summed E-state index contributed by atoms with van der Waals surface area (Å²) in [4.78, 5) is 4.17. The van der Waals surface area contributed by atoms with Crippen molar-refractivity contribution in [3.8, 4) is 5.88 Å². The number of aliphatic hydroxyl groups is 1. The third-order valence-corrected chi connectivity index (χ3v) is 3.05. The van der Waals surface area contributed by atoms with Gasteiger partial charge in [-0.05, 0) is 17.9 Å². The Morgan fingerprint density at radius 3 is 2.72 bits per heavy atom. The van der Waals surface area contributed by atoms with Crippen LogP contribution in [0.15, 0.2) is 18.3 Å². The average Bonchev–Trinajstić information content (AvgIpc) is 2.33. The average molecular weight is 252 g/mol. The van der Waals surface area contributed by atoms with Crippen LogP contribution >= 0.6 is 0 Å². The van der Waals surface area contributed by atoms with Gasteiger partial charge in [-0.25, -0.2) is 4.98 Å². The molecule has 4 heteroatoms. The third-order valence-electron chi connectivity index (χ3n) is 3.05. The van der Waals surface area contributed by atoms with Crippen molar-refractivity contribution in [3.63, 3.8) is 0 Å². The van der Waals surface area contributed by atoms with Crippen LogP contribution < -0.4 is 10.1 Å². The molecule has 0 aliphatic heterocycles. The lowest BCUT2D eigenvalue weighted by atomic mass is 9.85. The second-order valence-electron chi connectivity index (χ2n) is 5.48. The number of aliphatic hydroxyl groups excluding tert-OH is 1. The van der Waals surface area contributed by atoms with E-state index in [2.05, 4.69) is 31.1 Å². The summed E-state index contributed by atoms with van der Waals surface area (Å²) in [5, 5.41) is 12.6. The van der Waals surface area contributed by atoms with Gasteiger partial charge in [0.1, 0.15) is 0 Å². The van der Waals surface area contributed by atoms with E-state index in [0.29, 0.717) is 12.4 Å². The number of hydrogen-bond donors (Lipinski definition) is 2. The Hall–Kier alpha value is -1.13. The smallest absolute Gasteiger partial charge is 0.217 e. The number of aromatic nitrogens is 1. The second kappa shape index (κ2) is 6.71. The molecule has 0 amide bonds. The lowest BCUT2D eigenvalue weighted by Crippen LogP contribution is -2.40. The lowest BCUT2D eigenvalue weighted by Gasteiger charge is -2.31. The fourth-order valence-electron chi connectivity index (χ4n) is 1.95. The van der Waals surface area contributed by atoms with Gasteiger partial charge >= 0.3 is 0 Å². The molecule has 0 aromatic carbocycles. The van der Waals surface area contributed by atoms with Gasteiger partial charge < -0.3 is 15.2 Å².